The predicted molar refractivity (Wildman–Crippen MR) is 118 cm³/mol. The van der Waals surface area contributed by atoms with E-state index in [-0.39, 0.29) is 18.3 Å². The maximum atomic E-state index is 12.3. The highest BCUT2D eigenvalue weighted by atomic mass is 32.2. The van der Waals surface area contributed by atoms with Crippen LogP contribution in [0.2, 0.25) is 0 Å². The number of nitrogens with zero attached hydrogens (tertiary/aromatic N) is 3. The summed E-state index contributed by atoms with van der Waals surface area (Å²) in [7, 11) is 3.16. The molecule has 0 saturated heterocycles. The van der Waals surface area contributed by atoms with E-state index < -0.39 is 5.97 Å². The third-order valence-electron chi connectivity index (χ3n) is 4.60. The monoisotopic (exact) mass is 440 g/mol. The fourth-order valence-electron chi connectivity index (χ4n) is 2.89. The van der Waals surface area contributed by atoms with E-state index in [1.165, 1.54) is 18.9 Å². The topological polar surface area (TPSA) is 95.3 Å². The molecular formula is C22H24N4O4S. The molecule has 3 aromatic rings. The normalized spacial score (nSPS) is 10.6. The number of thioether (sulfide) groups is 1. The van der Waals surface area contributed by atoms with Crippen LogP contribution in [0.1, 0.15) is 27.3 Å². The molecule has 0 spiro atoms. The molecule has 3 rings (SSSR count). The van der Waals surface area contributed by atoms with Gasteiger partial charge in [0.05, 0.1) is 18.4 Å². The quantitative estimate of drug-likeness (QED) is 0.423. The Balaban J connectivity index is 1.53. The van der Waals surface area contributed by atoms with E-state index in [0.29, 0.717) is 22.2 Å². The summed E-state index contributed by atoms with van der Waals surface area (Å²) in [5.41, 5.74) is 3.14. The van der Waals surface area contributed by atoms with Crippen LogP contribution in [0.5, 0.6) is 5.75 Å². The van der Waals surface area contributed by atoms with Crippen LogP contribution in [0.25, 0.3) is 0 Å². The fraction of sp³-hybridized carbons (Fsp3) is 0.273. The van der Waals surface area contributed by atoms with Crippen LogP contribution in [0, 0.1) is 13.8 Å². The highest BCUT2D eigenvalue weighted by molar-refractivity contribution is 7.99. The Bertz CT molecular complexity index is 1060. The van der Waals surface area contributed by atoms with Gasteiger partial charge < -0.3 is 19.4 Å². The Kier molecular flexibility index (Phi) is 7.30. The van der Waals surface area contributed by atoms with Crippen molar-refractivity contribution in [2.75, 3.05) is 18.2 Å². The van der Waals surface area contributed by atoms with Crippen LogP contribution in [-0.4, -0.2) is 39.5 Å². The molecule has 1 heterocycles. The van der Waals surface area contributed by atoms with Gasteiger partial charge in [-0.05, 0) is 49.2 Å². The average Bonchev–Trinajstić information content (AvgIpc) is 3.11. The number of anilines is 1. The zero-order chi connectivity index (χ0) is 22.4. The van der Waals surface area contributed by atoms with Crippen LogP contribution in [0.15, 0.2) is 47.6 Å². The second-order valence-electron chi connectivity index (χ2n) is 6.87. The first-order chi connectivity index (χ1) is 14.9. The van der Waals surface area contributed by atoms with Gasteiger partial charge in [-0.25, -0.2) is 4.79 Å². The molecule has 0 unspecified atom stereocenters. The van der Waals surface area contributed by atoms with Gasteiger partial charge in [0.15, 0.2) is 11.0 Å². The number of hydrogen-bond donors (Lipinski definition) is 1. The van der Waals surface area contributed by atoms with Crippen molar-refractivity contribution in [2.45, 2.75) is 25.6 Å². The lowest BCUT2D eigenvalue weighted by Crippen LogP contribution is -2.14. The molecule has 2 aromatic carbocycles. The first-order valence-corrected chi connectivity index (χ1v) is 10.6. The SMILES string of the molecule is COC(=O)c1ccc(NC(=O)CSc2nnc(COc3c(C)cccc3C)n2C)cc1. The molecule has 31 heavy (non-hydrogen) atoms. The summed E-state index contributed by atoms with van der Waals surface area (Å²) in [5.74, 6) is 1.07. The van der Waals surface area contributed by atoms with Crippen LogP contribution in [0.4, 0.5) is 5.69 Å². The number of nitrogens with one attached hydrogen (secondary N) is 1. The molecule has 162 valence electrons. The molecular weight excluding hydrogens is 416 g/mol. The van der Waals surface area contributed by atoms with Crippen molar-refractivity contribution in [3.8, 4) is 5.75 Å². The number of para-hydroxylation sites is 1. The summed E-state index contributed by atoms with van der Waals surface area (Å²) in [6.45, 7) is 4.29. The number of rotatable bonds is 8. The third kappa shape index (κ3) is 5.64. The maximum Gasteiger partial charge on any atom is 0.337 e. The molecule has 0 bridgehead atoms. The first kappa shape index (κ1) is 22.4. The van der Waals surface area contributed by atoms with Crippen LogP contribution in [0.3, 0.4) is 0 Å². The Morgan fingerprint density at radius 3 is 2.39 bits per heavy atom. The minimum atomic E-state index is -0.423. The number of carbonyl (C=O) groups excluding carboxylic acids is 2. The molecule has 0 atom stereocenters. The van der Waals surface area contributed by atoms with Crippen molar-refractivity contribution in [3.63, 3.8) is 0 Å². The highest BCUT2D eigenvalue weighted by Gasteiger charge is 2.13. The minimum Gasteiger partial charge on any atom is -0.485 e. The average molecular weight is 441 g/mol. The minimum absolute atomic E-state index is 0.169. The van der Waals surface area contributed by atoms with Gasteiger partial charge in [0.2, 0.25) is 5.91 Å². The van der Waals surface area contributed by atoms with Crippen molar-refractivity contribution in [1.82, 2.24) is 14.8 Å². The second kappa shape index (κ2) is 10.1. The van der Waals surface area contributed by atoms with Crippen molar-refractivity contribution in [2.24, 2.45) is 7.05 Å². The van der Waals surface area contributed by atoms with Crippen LogP contribution >= 0.6 is 11.8 Å². The molecule has 0 aliphatic heterocycles. The van der Waals surface area contributed by atoms with Gasteiger partial charge in [0.1, 0.15) is 12.4 Å². The van der Waals surface area contributed by atoms with Gasteiger partial charge in [-0.15, -0.1) is 10.2 Å². The van der Waals surface area contributed by atoms with Gasteiger partial charge in [-0.1, -0.05) is 30.0 Å². The molecule has 0 fully saturated rings. The molecule has 0 aliphatic carbocycles. The van der Waals surface area contributed by atoms with E-state index in [9.17, 15) is 9.59 Å². The zero-order valence-electron chi connectivity index (χ0n) is 17.8. The number of ether oxygens (including phenoxy) is 2. The smallest absolute Gasteiger partial charge is 0.337 e. The lowest BCUT2D eigenvalue weighted by atomic mass is 10.1. The first-order valence-electron chi connectivity index (χ1n) is 9.57. The van der Waals surface area contributed by atoms with E-state index >= 15 is 0 Å². The van der Waals surface area contributed by atoms with E-state index in [1.54, 1.807) is 24.3 Å². The number of hydrogen-bond acceptors (Lipinski definition) is 7. The van der Waals surface area contributed by atoms with E-state index in [0.717, 1.165) is 16.9 Å². The third-order valence-corrected chi connectivity index (χ3v) is 5.62. The summed E-state index contributed by atoms with van der Waals surface area (Å²) in [4.78, 5) is 23.7. The van der Waals surface area contributed by atoms with Crippen molar-refractivity contribution >= 4 is 29.3 Å². The molecule has 1 aromatic heterocycles. The van der Waals surface area contributed by atoms with Crippen LogP contribution < -0.4 is 10.1 Å². The summed E-state index contributed by atoms with van der Waals surface area (Å²) in [5, 5.41) is 11.7. The molecule has 0 radical (unpaired) electrons. The lowest BCUT2D eigenvalue weighted by Gasteiger charge is -2.11. The Morgan fingerprint density at radius 1 is 1.06 bits per heavy atom. The summed E-state index contributed by atoms with van der Waals surface area (Å²) in [6, 6.07) is 12.5. The number of carbonyl (C=O) groups is 2. The second-order valence-corrected chi connectivity index (χ2v) is 7.82. The molecule has 0 aliphatic rings. The number of aromatic nitrogens is 3. The summed E-state index contributed by atoms with van der Waals surface area (Å²) < 4.78 is 12.4. The lowest BCUT2D eigenvalue weighted by molar-refractivity contribution is -0.113. The number of amides is 1. The Morgan fingerprint density at radius 2 is 1.74 bits per heavy atom. The molecule has 0 saturated carbocycles. The highest BCUT2D eigenvalue weighted by Crippen LogP contribution is 2.24. The largest absolute Gasteiger partial charge is 0.485 e. The molecule has 9 heteroatoms. The van der Waals surface area contributed by atoms with Gasteiger partial charge >= 0.3 is 5.97 Å². The van der Waals surface area contributed by atoms with E-state index in [2.05, 4.69) is 20.3 Å². The van der Waals surface area contributed by atoms with Crippen molar-refractivity contribution in [1.29, 1.82) is 0 Å². The number of benzene rings is 2. The number of methoxy groups -OCH3 is 1. The Labute approximate surface area is 185 Å². The molecule has 8 nitrogen and oxygen atoms in total. The van der Waals surface area contributed by atoms with E-state index in [1.807, 2.05) is 43.7 Å². The number of aryl methyl sites for hydroxylation is 2. The standard InChI is InChI=1S/C22H24N4O4S/c1-14-6-5-7-15(2)20(14)30-12-18-24-25-22(26(18)3)31-13-19(27)23-17-10-8-16(9-11-17)21(28)29-4/h5-11H,12-13H2,1-4H3,(H,23,27). The predicted octanol–water partition coefficient (Wildman–Crippen LogP) is 3.53. The summed E-state index contributed by atoms with van der Waals surface area (Å²) >= 11 is 1.28. The zero-order valence-corrected chi connectivity index (χ0v) is 18.7. The van der Waals surface area contributed by atoms with Gasteiger partial charge in [0, 0.05) is 12.7 Å². The fourth-order valence-corrected chi connectivity index (χ4v) is 3.62. The molecule has 1 N–H and O–H groups in total. The van der Waals surface area contributed by atoms with Crippen molar-refractivity contribution in [3.05, 3.63) is 65.0 Å². The number of esters is 1. The summed E-state index contributed by atoms with van der Waals surface area (Å²) in [6.07, 6.45) is 0. The van der Waals surface area contributed by atoms with Gasteiger partial charge in [-0.2, -0.15) is 0 Å². The Hall–Kier alpha value is -3.33. The van der Waals surface area contributed by atoms with E-state index in [4.69, 9.17) is 4.74 Å². The van der Waals surface area contributed by atoms with Crippen molar-refractivity contribution < 1.29 is 19.1 Å². The van der Waals surface area contributed by atoms with Gasteiger partial charge in [-0.3, -0.25) is 4.79 Å². The maximum absolute atomic E-state index is 12.3. The van der Waals surface area contributed by atoms with Gasteiger partial charge in [0.25, 0.3) is 0 Å². The van der Waals surface area contributed by atoms with Crippen LogP contribution in [-0.2, 0) is 23.2 Å². The molecule has 1 amide bonds.